The topological polar surface area (TPSA) is 70.7 Å². The number of nitrogens with zero attached hydrogens (tertiary/aromatic N) is 1. The number of carbonyl (C=O) groups is 2. The zero-order chi connectivity index (χ0) is 20.8. The van der Waals surface area contributed by atoms with Crippen molar-refractivity contribution in [3.63, 3.8) is 0 Å². The van der Waals surface area contributed by atoms with Gasteiger partial charge in [0.1, 0.15) is 5.75 Å². The lowest BCUT2D eigenvalue weighted by Crippen LogP contribution is -2.44. The molecule has 1 aliphatic heterocycles. The smallest absolute Gasteiger partial charge is 0.229 e. The van der Waals surface area contributed by atoms with Gasteiger partial charge in [-0.05, 0) is 48.4 Å². The normalized spacial score (nSPS) is 18.5. The predicted octanol–water partition coefficient (Wildman–Crippen LogP) is 3.77. The average molecular weight is 432 g/mol. The van der Waals surface area contributed by atoms with Crippen molar-refractivity contribution in [1.82, 2.24) is 10.2 Å². The van der Waals surface area contributed by atoms with Gasteiger partial charge in [-0.2, -0.15) is 0 Å². The Kier molecular flexibility index (Phi) is 8.69. The van der Waals surface area contributed by atoms with Gasteiger partial charge in [-0.15, -0.1) is 12.4 Å². The van der Waals surface area contributed by atoms with Crippen LogP contribution in [0.5, 0.6) is 5.75 Å². The van der Waals surface area contributed by atoms with Gasteiger partial charge in [0.25, 0.3) is 0 Å². The molecule has 1 heterocycles. The quantitative estimate of drug-likeness (QED) is 0.700. The summed E-state index contributed by atoms with van der Waals surface area (Å²) >= 11 is 0. The summed E-state index contributed by atoms with van der Waals surface area (Å²) < 4.78 is 5.23. The zero-order valence-electron chi connectivity index (χ0n) is 17.7. The number of hydrogen-bond acceptors (Lipinski definition) is 4. The van der Waals surface area contributed by atoms with Crippen LogP contribution in [0.25, 0.3) is 0 Å². The van der Waals surface area contributed by atoms with Gasteiger partial charge in [0.05, 0.1) is 19.1 Å². The molecular formula is C23H30ClN3O3. The fourth-order valence-electron chi connectivity index (χ4n) is 3.83. The molecule has 0 spiro atoms. The Morgan fingerprint density at radius 3 is 2.60 bits per heavy atom. The first-order valence-corrected chi connectivity index (χ1v) is 10.0. The summed E-state index contributed by atoms with van der Waals surface area (Å²) in [6, 6.07) is 15.1. The summed E-state index contributed by atoms with van der Waals surface area (Å²) in [6.45, 7) is 3.71. The molecule has 1 aliphatic rings. The Balaban J connectivity index is 0.00000320. The molecule has 7 heteroatoms. The van der Waals surface area contributed by atoms with E-state index in [0.29, 0.717) is 12.8 Å². The summed E-state index contributed by atoms with van der Waals surface area (Å²) in [7, 11) is 3.39. The van der Waals surface area contributed by atoms with Gasteiger partial charge in [-0.25, -0.2) is 0 Å². The number of halogens is 1. The van der Waals surface area contributed by atoms with E-state index in [9.17, 15) is 9.59 Å². The maximum Gasteiger partial charge on any atom is 0.229 e. The van der Waals surface area contributed by atoms with Crippen LogP contribution >= 0.6 is 12.4 Å². The van der Waals surface area contributed by atoms with Gasteiger partial charge in [-0.3, -0.25) is 9.59 Å². The van der Waals surface area contributed by atoms with E-state index in [-0.39, 0.29) is 36.2 Å². The summed E-state index contributed by atoms with van der Waals surface area (Å²) in [5.74, 6) is 0.425. The number of hydrogen-bond donors (Lipinski definition) is 2. The van der Waals surface area contributed by atoms with E-state index in [2.05, 4.69) is 17.6 Å². The van der Waals surface area contributed by atoms with E-state index in [4.69, 9.17) is 4.74 Å². The van der Waals surface area contributed by atoms with Crippen LogP contribution in [0.15, 0.2) is 48.5 Å². The average Bonchev–Trinajstić information content (AvgIpc) is 2.74. The highest BCUT2D eigenvalue weighted by atomic mass is 35.5. The van der Waals surface area contributed by atoms with E-state index in [1.165, 1.54) is 0 Å². The second kappa shape index (κ2) is 11.0. The van der Waals surface area contributed by atoms with Crippen molar-refractivity contribution in [3.8, 4) is 5.75 Å². The van der Waals surface area contributed by atoms with Crippen molar-refractivity contribution in [2.45, 2.75) is 32.4 Å². The minimum Gasteiger partial charge on any atom is -0.497 e. The van der Waals surface area contributed by atoms with Crippen LogP contribution in [0.3, 0.4) is 0 Å². The fraction of sp³-hybridized carbons (Fsp3) is 0.391. The lowest BCUT2D eigenvalue weighted by Gasteiger charge is -2.38. The van der Waals surface area contributed by atoms with E-state index in [0.717, 1.165) is 35.7 Å². The van der Waals surface area contributed by atoms with Crippen LogP contribution in [0, 0.1) is 5.92 Å². The van der Waals surface area contributed by atoms with Crippen LogP contribution in [-0.2, 0) is 16.1 Å². The number of piperidine rings is 1. The van der Waals surface area contributed by atoms with Crippen molar-refractivity contribution in [1.29, 1.82) is 0 Å². The van der Waals surface area contributed by atoms with Crippen LogP contribution in [0.1, 0.15) is 36.9 Å². The Morgan fingerprint density at radius 2 is 1.93 bits per heavy atom. The third-order valence-corrected chi connectivity index (χ3v) is 5.43. The number of carbonyl (C=O) groups excluding carboxylic acids is 2. The first-order valence-electron chi connectivity index (χ1n) is 10.0. The molecule has 0 radical (unpaired) electrons. The van der Waals surface area contributed by atoms with Crippen molar-refractivity contribution in [2.24, 2.45) is 5.92 Å². The van der Waals surface area contributed by atoms with Crippen LogP contribution in [0.4, 0.5) is 5.69 Å². The van der Waals surface area contributed by atoms with E-state index in [1.807, 2.05) is 48.5 Å². The Bertz CT molecular complexity index is 857. The molecule has 2 amide bonds. The lowest BCUT2D eigenvalue weighted by molar-refractivity contribution is -0.140. The third kappa shape index (κ3) is 5.52. The second-order valence-electron chi connectivity index (χ2n) is 7.34. The van der Waals surface area contributed by atoms with Crippen LogP contribution in [-0.4, -0.2) is 37.4 Å². The molecule has 1 saturated heterocycles. The molecule has 6 nitrogen and oxygen atoms in total. The molecule has 0 aromatic heterocycles. The third-order valence-electron chi connectivity index (χ3n) is 5.43. The maximum atomic E-state index is 13.2. The highest BCUT2D eigenvalue weighted by Gasteiger charge is 2.38. The Hall–Kier alpha value is -2.57. The van der Waals surface area contributed by atoms with Crippen molar-refractivity contribution >= 4 is 29.9 Å². The first-order chi connectivity index (χ1) is 14.0. The maximum absolute atomic E-state index is 13.2. The molecule has 0 bridgehead atoms. The van der Waals surface area contributed by atoms with Crippen LogP contribution < -0.4 is 15.4 Å². The minimum absolute atomic E-state index is 0. The molecular weight excluding hydrogens is 402 g/mol. The molecule has 2 aromatic carbocycles. The zero-order valence-corrected chi connectivity index (χ0v) is 18.5. The molecule has 162 valence electrons. The summed E-state index contributed by atoms with van der Waals surface area (Å²) in [4.78, 5) is 27.2. The summed E-state index contributed by atoms with van der Waals surface area (Å²) in [5, 5.41) is 6.35. The van der Waals surface area contributed by atoms with Gasteiger partial charge in [0.2, 0.25) is 11.8 Å². The highest BCUT2D eigenvalue weighted by molar-refractivity contribution is 5.94. The number of rotatable bonds is 7. The van der Waals surface area contributed by atoms with E-state index >= 15 is 0 Å². The van der Waals surface area contributed by atoms with Gasteiger partial charge < -0.3 is 20.3 Å². The molecule has 3 rings (SSSR count). The molecule has 2 N–H and O–H groups in total. The molecule has 2 atom stereocenters. The molecule has 0 saturated carbocycles. The van der Waals surface area contributed by atoms with Gasteiger partial charge in [0, 0.05) is 25.7 Å². The van der Waals surface area contributed by atoms with E-state index in [1.54, 1.807) is 19.1 Å². The Labute approximate surface area is 184 Å². The SMILES string of the molecule is CCNCc1cccc(NC(=O)C2CCC(=O)N(C)C2c2ccc(OC)cc2)c1.Cl. The number of nitrogens with one attached hydrogen (secondary N) is 2. The number of amides is 2. The number of benzene rings is 2. The minimum atomic E-state index is -0.316. The summed E-state index contributed by atoms with van der Waals surface area (Å²) in [5.41, 5.74) is 2.83. The van der Waals surface area contributed by atoms with Crippen molar-refractivity contribution in [2.75, 3.05) is 26.0 Å². The van der Waals surface area contributed by atoms with Crippen molar-refractivity contribution < 1.29 is 14.3 Å². The van der Waals surface area contributed by atoms with Gasteiger partial charge >= 0.3 is 0 Å². The van der Waals surface area contributed by atoms with E-state index < -0.39 is 0 Å². The number of anilines is 1. The van der Waals surface area contributed by atoms with Crippen LogP contribution in [0.2, 0.25) is 0 Å². The van der Waals surface area contributed by atoms with Crippen molar-refractivity contribution in [3.05, 3.63) is 59.7 Å². The number of ether oxygens (including phenoxy) is 1. The monoisotopic (exact) mass is 431 g/mol. The van der Waals surface area contributed by atoms with Gasteiger partial charge in [0.15, 0.2) is 0 Å². The number of likely N-dealkylation sites (tertiary alicyclic amines) is 1. The largest absolute Gasteiger partial charge is 0.497 e. The Morgan fingerprint density at radius 1 is 1.20 bits per heavy atom. The molecule has 1 fully saturated rings. The van der Waals surface area contributed by atoms with Gasteiger partial charge in [-0.1, -0.05) is 31.2 Å². The lowest BCUT2D eigenvalue weighted by atomic mass is 9.84. The second-order valence-corrected chi connectivity index (χ2v) is 7.34. The molecule has 2 aromatic rings. The summed E-state index contributed by atoms with van der Waals surface area (Å²) in [6.07, 6.45) is 0.907. The molecule has 30 heavy (non-hydrogen) atoms. The highest BCUT2D eigenvalue weighted by Crippen LogP contribution is 2.37. The first kappa shape index (κ1) is 23.7. The molecule has 0 aliphatic carbocycles. The molecule has 2 unspecified atom stereocenters. The predicted molar refractivity (Wildman–Crippen MR) is 121 cm³/mol. The fourth-order valence-corrected chi connectivity index (χ4v) is 3.83. The number of methoxy groups -OCH3 is 1. The standard InChI is InChI=1S/C23H29N3O3.ClH/c1-4-24-15-16-6-5-7-18(14-16)25-23(28)20-12-13-21(27)26(2)22(20)17-8-10-19(29-3)11-9-17;/h5-11,14,20,22,24H,4,12-13,15H2,1-3H3,(H,25,28);1H.